The number of alkyl carbamates (subject to hydrolysis) is 1. The van der Waals surface area contributed by atoms with E-state index >= 15 is 0 Å². The second-order valence-corrected chi connectivity index (χ2v) is 5.23. The maximum atomic E-state index is 12.3. The van der Waals surface area contributed by atoms with E-state index in [1.807, 2.05) is 51.1 Å². The van der Waals surface area contributed by atoms with E-state index in [4.69, 9.17) is 4.74 Å². The van der Waals surface area contributed by atoms with Crippen molar-refractivity contribution in [2.24, 2.45) is 5.92 Å². The summed E-state index contributed by atoms with van der Waals surface area (Å²) in [5, 5.41) is 5.52. The predicted octanol–water partition coefficient (Wildman–Crippen LogP) is 2.63. The molecule has 0 bridgehead atoms. The van der Waals surface area contributed by atoms with E-state index < -0.39 is 12.1 Å². The number of nitrogens with one attached hydrogen (secondary N) is 2. The van der Waals surface area contributed by atoms with Crippen molar-refractivity contribution in [1.82, 2.24) is 10.6 Å². The molecular formula is C16H24N2O3. The summed E-state index contributed by atoms with van der Waals surface area (Å²) in [7, 11) is 0. The fraction of sp³-hybridized carbons (Fsp3) is 0.500. The molecule has 2 atom stereocenters. The number of ether oxygens (including phenoxy) is 1. The summed E-state index contributed by atoms with van der Waals surface area (Å²) < 4.78 is 4.83. The highest BCUT2D eigenvalue weighted by Gasteiger charge is 2.25. The Hall–Kier alpha value is -2.04. The number of amides is 2. The molecule has 0 saturated carbocycles. The zero-order valence-electron chi connectivity index (χ0n) is 13.1. The topological polar surface area (TPSA) is 67.4 Å². The van der Waals surface area contributed by atoms with Gasteiger partial charge in [0.05, 0.1) is 12.6 Å². The van der Waals surface area contributed by atoms with Crippen LogP contribution in [0.4, 0.5) is 4.79 Å². The highest BCUT2D eigenvalue weighted by atomic mass is 16.5. The molecule has 2 unspecified atom stereocenters. The SMILES string of the molecule is CCOC(=O)NC(C(=O)NC(C)c1ccccc1)C(C)C. The van der Waals surface area contributed by atoms with E-state index in [2.05, 4.69) is 10.6 Å². The van der Waals surface area contributed by atoms with Gasteiger partial charge < -0.3 is 15.4 Å². The summed E-state index contributed by atoms with van der Waals surface area (Å²) in [6.07, 6.45) is -0.571. The van der Waals surface area contributed by atoms with Gasteiger partial charge in [0.1, 0.15) is 6.04 Å². The normalized spacial score (nSPS) is 13.4. The molecule has 5 heteroatoms. The lowest BCUT2D eigenvalue weighted by molar-refractivity contribution is -0.124. The third-order valence-electron chi connectivity index (χ3n) is 3.16. The Morgan fingerprint density at radius 3 is 2.24 bits per heavy atom. The van der Waals surface area contributed by atoms with Gasteiger partial charge in [-0.1, -0.05) is 44.2 Å². The first-order valence-corrected chi connectivity index (χ1v) is 7.24. The van der Waals surface area contributed by atoms with Crippen molar-refractivity contribution in [2.75, 3.05) is 6.61 Å². The lowest BCUT2D eigenvalue weighted by atomic mass is 10.0. The number of rotatable bonds is 6. The lowest BCUT2D eigenvalue weighted by Gasteiger charge is -2.23. The molecule has 1 aromatic rings. The Morgan fingerprint density at radius 2 is 1.71 bits per heavy atom. The average molecular weight is 292 g/mol. The number of carbonyl (C=O) groups is 2. The Balaban J connectivity index is 2.67. The largest absolute Gasteiger partial charge is 0.450 e. The molecule has 0 fully saturated rings. The molecule has 2 N–H and O–H groups in total. The minimum absolute atomic E-state index is 0.0302. The van der Waals surface area contributed by atoms with Crippen LogP contribution in [-0.2, 0) is 9.53 Å². The highest BCUT2D eigenvalue weighted by molar-refractivity contribution is 5.86. The van der Waals surface area contributed by atoms with Gasteiger partial charge in [0.2, 0.25) is 5.91 Å². The van der Waals surface area contributed by atoms with Crippen LogP contribution in [0.3, 0.4) is 0 Å². The minimum Gasteiger partial charge on any atom is -0.450 e. The first kappa shape index (κ1) is 17.0. The summed E-state index contributed by atoms with van der Waals surface area (Å²) in [6.45, 7) is 7.67. The van der Waals surface area contributed by atoms with Crippen molar-refractivity contribution in [3.63, 3.8) is 0 Å². The van der Waals surface area contributed by atoms with Crippen molar-refractivity contribution >= 4 is 12.0 Å². The summed E-state index contributed by atoms with van der Waals surface area (Å²) in [5.74, 6) is -0.244. The van der Waals surface area contributed by atoms with Crippen molar-refractivity contribution in [3.05, 3.63) is 35.9 Å². The Kier molecular flexibility index (Phi) is 6.72. The molecule has 0 aromatic heterocycles. The van der Waals surface area contributed by atoms with Crippen LogP contribution in [0.15, 0.2) is 30.3 Å². The first-order chi connectivity index (χ1) is 9.95. The number of benzene rings is 1. The van der Waals surface area contributed by atoms with Crippen LogP contribution in [-0.4, -0.2) is 24.6 Å². The van der Waals surface area contributed by atoms with E-state index in [9.17, 15) is 9.59 Å². The Bertz CT molecular complexity index is 460. The van der Waals surface area contributed by atoms with Gasteiger partial charge in [0.25, 0.3) is 0 Å². The van der Waals surface area contributed by atoms with Gasteiger partial charge in [0.15, 0.2) is 0 Å². The maximum Gasteiger partial charge on any atom is 0.407 e. The van der Waals surface area contributed by atoms with Crippen molar-refractivity contribution < 1.29 is 14.3 Å². The molecule has 0 radical (unpaired) electrons. The van der Waals surface area contributed by atoms with Crippen LogP contribution in [0.1, 0.15) is 39.3 Å². The molecule has 1 rings (SSSR count). The zero-order chi connectivity index (χ0) is 15.8. The van der Waals surface area contributed by atoms with Gasteiger partial charge in [-0.25, -0.2) is 4.79 Å². The molecule has 0 aliphatic heterocycles. The fourth-order valence-electron chi connectivity index (χ4n) is 1.96. The molecule has 0 aliphatic carbocycles. The predicted molar refractivity (Wildman–Crippen MR) is 81.8 cm³/mol. The van der Waals surface area contributed by atoms with E-state index in [1.54, 1.807) is 6.92 Å². The van der Waals surface area contributed by atoms with Crippen molar-refractivity contribution in [1.29, 1.82) is 0 Å². The number of hydrogen-bond acceptors (Lipinski definition) is 3. The average Bonchev–Trinajstić information content (AvgIpc) is 2.45. The van der Waals surface area contributed by atoms with Crippen molar-refractivity contribution in [3.8, 4) is 0 Å². The quantitative estimate of drug-likeness (QED) is 0.847. The standard InChI is InChI=1S/C16H24N2O3/c1-5-21-16(20)18-14(11(2)3)15(19)17-12(4)13-9-7-6-8-10-13/h6-12,14H,5H2,1-4H3,(H,17,19)(H,18,20). The van der Waals surface area contributed by atoms with Gasteiger partial charge in [-0.3, -0.25) is 4.79 Å². The summed E-state index contributed by atoms with van der Waals surface area (Å²) in [4.78, 5) is 23.8. The molecule has 0 heterocycles. The lowest BCUT2D eigenvalue weighted by Crippen LogP contribution is -2.50. The summed E-state index contributed by atoms with van der Waals surface area (Å²) in [5.41, 5.74) is 1.02. The maximum absolute atomic E-state index is 12.3. The molecule has 2 amide bonds. The molecule has 0 aliphatic rings. The molecule has 0 saturated heterocycles. The second kappa shape index (κ2) is 8.29. The van der Waals surface area contributed by atoms with E-state index in [0.717, 1.165) is 5.56 Å². The van der Waals surface area contributed by atoms with Crippen LogP contribution >= 0.6 is 0 Å². The van der Waals surface area contributed by atoms with Gasteiger partial charge in [-0.05, 0) is 25.3 Å². The molecule has 1 aromatic carbocycles. The van der Waals surface area contributed by atoms with Gasteiger partial charge >= 0.3 is 6.09 Å². The third kappa shape index (κ3) is 5.45. The van der Waals surface area contributed by atoms with Crippen LogP contribution in [0.2, 0.25) is 0 Å². The van der Waals surface area contributed by atoms with E-state index in [1.165, 1.54) is 0 Å². The zero-order valence-corrected chi connectivity index (χ0v) is 13.1. The van der Waals surface area contributed by atoms with Crippen molar-refractivity contribution in [2.45, 2.75) is 39.8 Å². The second-order valence-electron chi connectivity index (χ2n) is 5.23. The van der Waals surface area contributed by atoms with Crippen LogP contribution in [0.25, 0.3) is 0 Å². The molecule has 0 spiro atoms. The van der Waals surface area contributed by atoms with E-state index in [0.29, 0.717) is 0 Å². The monoisotopic (exact) mass is 292 g/mol. The summed E-state index contributed by atoms with van der Waals surface area (Å²) in [6, 6.07) is 8.95. The molecular weight excluding hydrogens is 268 g/mol. The van der Waals surface area contributed by atoms with Gasteiger partial charge in [-0.2, -0.15) is 0 Å². The number of carbonyl (C=O) groups excluding carboxylic acids is 2. The van der Waals surface area contributed by atoms with E-state index in [-0.39, 0.29) is 24.5 Å². The molecule has 5 nitrogen and oxygen atoms in total. The Labute approximate surface area is 126 Å². The van der Waals surface area contributed by atoms with Gasteiger partial charge in [0, 0.05) is 0 Å². The molecule has 116 valence electrons. The van der Waals surface area contributed by atoms with Crippen LogP contribution < -0.4 is 10.6 Å². The smallest absolute Gasteiger partial charge is 0.407 e. The van der Waals surface area contributed by atoms with Gasteiger partial charge in [-0.15, -0.1) is 0 Å². The molecule has 21 heavy (non-hydrogen) atoms. The fourth-order valence-corrected chi connectivity index (χ4v) is 1.96. The minimum atomic E-state index is -0.616. The highest BCUT2D eigenvalue weighted by Crippen LogP contribution is 2.12. The summed E-state index contributed by atoms with van der Waals surface area (Å²) >= 11 is 0. The third-order valence-corrected chi connectivity index (χ3v) is 3.16. The van der Waals surface area contributed by atoms with Crippen LogP contribution in [0.5, 0.6) is 0 Å². The number of hydrogen-bond donors (Lipinski definition) is 2. The van der Waals surface area contributed by atoms with Crippen LogP contribution in [0, 0.1) is 5.92 Å². The first-order valence-electron chi connectivity index (χ1n) is 7.24. The Morgan fingerprint density at radius 1 is 1.10 bits per heavy atom.